The first-order valence-corrected chi connectivity index (χ1v) is 3.69. The molecule has 1 aromatic rings. The monoisotopic (exact) mass is 170 g/mol. The van der Waals surface area contributed by atoms with Crippen molar-refractivity contribution < 1.29 is 14.6 Å². The second-order valence-corrected chi connectivity index (χ2v) is 2.64. The SMILES string of the molecule is Cc1c(CO)ccc(CO)c1F. The average molecular weight is 170 g/mol. The van der Waals surface area contributed by atoms with E-state index in [1.165, 1.54) is 6.07 Å². The molecule has 0 spiro atoms. The molecule has 66 valence electrons. The Bertz CT molecular complexity index is 255. The molecule has 0 atom stereocenters. The van der Waals surface area contributed by atoms with Crippen LogP contribution in [0.4, 0.5) is 4.39 Å². The van der Waals surface area contributed by atoms with Gasteiger partial charge in [-0.25, -0.2) is 4.39 Å². The summed E-state index contributed by atoms with van der Waals surface area (Å²) in [4.78, 5) is 0. The fraction of sp³-hybridized carbons (Fsp3) is 0.333. The van der Waals surface area contributed by atoms with Crippen molar-refractivity contribution in [1.29, 1.82) is 0 Å². The fourth-order valence-electron chi connectivity index (χ4n) is 1.07. The molecule has 2 nitrogen and oxygen atoms in total. The van der Waals surface area contributed by atoms with Crippen LogP contribution in [-0.4, -0.2) is 10.2 Å². The molecule has 0 amide bonds. The van der Waals surface area contributed by atoms with E-state index in [0.29, 0.717) is 11.1 Å². The van der Waals surface area contributed by atoms with E-state index in [2.05, 4.69) is 0 Å². The van der Waals surface area contributed by atoms with Crippen LogP contribution in [0.1, 0.15) is 16.7 Å². The Hall–Kier alpha value is -0.930. The molecule has 3 heteroatoms. The van der Waals surface area contributed by atoms with Crippen molar-refractivity contribution in [2.45, 2.75) is 20.1 Å². The number of hydrogen-bond donors (Lipinski definition) is 2. The molecular weight excluding hydrogens is 159 g/mol. The lowest BCUT2D eigenvalue weighted by molar-refractivity contribution is 0.271. The van der Waals surface area contributed by atoms with Crippen LogP contribution >= 0.6 is 0 Å². The van der Waals surface area contributed by atoms with E-state index in [4.69, 9.17) is 10.2 Å². The normalized spacial score (nSPS) is 10.3. The molecule has 0 aromatic heterocycles. The maximum atomic E-state index is 13.2. The molecule has 12 heavy (non-hydrogen) atoms. The average Bonchev–Trinajstić information content (AvgIpc) is 2.10. The minimum atomic E-state index is -0.427. The fourth-order valence-corrected chi connectivity index (χ4v) is 1.07. The van der Waals surface area contributed by atoms with Crippen molar-refractivity contribution in [3.63, 3.8) is 0 Å². The number of aliphatic hydroxyl groups is 2. The highest BCUT2D eigenvalue weighted by Crippen LogP contribution is 2.16. The highest BCUT2D eigenvalue weighted by atomic mass is 19.1. The van der Waals surface area contributed by atoms with Gasteiger partial charge in [-0.3, -0.25) is 0 Å². The van der Waals surface area contributed by atoms with Crippen molar-refractivity contribution in [2.24, 2.45) is 0 Å². The smallest absolute Gasteiger partial charge is 0.131 e. The topological polar surface area (TPSA) is 40.5 Å². The summed E-state index contributed by atoms with van der Waals surface area (Å²) in [6.45, 7) is 1.10. The first-order valence-electron chi connectivity index (χ1n) is 3.69. The predicted molar refractivity (Wildman–Crippen MR) is 43.0 cm³/mol. The largest absolute Gasteiger partial charge is 0.392 e. The van der Waals surface area contributed by atoms with Crippen molar-refractivity contribution in [3.8, 4) is 0 Å². The first kappa shape index (κ1) is 9.16. The van der Waals surface area contributed by atoms with Crippen molar-refractivity contribution in [3.05, 3.63) is 34.6 Å². The van der Waals surface area contributed by atoms with Crippen LogP contribution in [0.5, 0.6) is 0 Å². The lowest BCUT2D eigenvalue weighted by Crippen LogP contribution is -1.98. The van der Waals surface area contributed by atoms with Gasteiger partial charge in [0, 0.05) is 5.56 Å². The molecule has 0 fully saturated rings. The molecule has 0 bridgehead atoms. The molecule has 0 heterocycles. The molecule has 0 aliphatic rings. The van der Waals surface area contributed by atoms with Crippen LogP contribution in [0.2, 0.25) is 0 Å². The van der Waals surface area contributed by atoms with Crippen LogP contribution in [0, 0.1) is 12.7 Å². The second kappa shape index (κ2) is 3.65. The highest BCUT2D eigenvalue weighted by Gasteiger charge is 2.07. The van der Waals surface area contributed by atoms with E-state index in [0.717, 1.165) is 0 Å². The first-order chi connectivity index (χ1) is 5.70. The zero-order chi connectivity index (χ0) is 9.14. The van der Waals surface area contributed by atoms with Gasteiger partial charge in [-0.05, 0) is 18.1 Å². The molecule has 2 N–H and O–H groups in total. The Balaban J connectivity index is 3.20. The molecular formula is C9H11FO2. The third-order valence-electron chi connectivity index (χ3n) is 1.92. The standard InChI is InChI=1S/C9H11FO2/c1-6-7(4-11)2-3-8(5-12)9(6)10/h2-3,11-12H,4-5H2,1H3. The summed E-state index contributed by atoms with van der Waals surface area (Å²) in [5.74, 6) is -0.427. The minimum absolute atomic E-state index is 0.172. The number of rotatable bonds is 2. The Morgan fingerprint density at radius 1 is 1.17 bits per heavy atom. The Morgan fingerprint density at radius 3 is 2.17 bits per heavy atom. The molecule has 0 aliphatic carbocycles. The van der Waals surface area contributed by atoms with Gasteiger partial charge < -0.3 is 10.2 Å². The summed E-state index contributed by atoms with van der Waals surface area (Å²) in [6.07, 6.45) is 0. The van der Waals surface area contributed by atoms with Gasteiger partial charge in [0.05, 0.1) is 13.2 Å². The molecule has 1 aromatic carbocycles. The van der Waals surface area contributed by atoms with E-state index in [9.17, 15) is 4.39 Å². The summed E-state index contributed by atoms with van der Waals surface area (Å²) in [5, 5.41) is 17.5. The molecule has 0 radical (unpaired) electrons. The molecule has 1 rings (SSSR count). The molecule has 0 unspecified atom stereocenters. The zero-order valence-electron chi connectivity index (χ0n) is 6.84. The molecule has 0 saturated carbocycles. The summed E-state index contributed by atoms with van der Waals surface area (Å²) >= 11 is 0. The van der Waals surface area contributed by atoms with Crippen LogP contribution in [0.15, 0.2) is 12.1 Å². The van der Waals surface area contributed by atoms with Gasteiger partial charge in [-0.15, -0.1) is 0 Å². The maximum absolute atomic E-state index is 13.2. The summed E-state index contributed by atoms with van der Waals surface area (Å²) < 4.78 is 13.2. The minimum Gasteiger partial charge on any atom is -0.392 e. The van der Waals surface area contributed by atoms with E-state index in [1.807, 2.05) is 0 Å². The maximum Gasteiger partial charge on any atom is 0.131 e. The predicted octanol–water partition coefficient (Wildman–Crippen LogP) is 1.12. The van der Waals surface area contributed by atoms with Gasteiger partial charge in [0.1, 0.15) is 5.82 Å². The third kappa shape index (κ3) is 1.47. The van der Waals surface area contributed by atoms with Gasteiger partial charge in [0.25, 0.3) is 0 Å². The molecule has 0 aliphatic heterocycles. The number of hydrogen-bond acceptors (Lipinski definition) is 2. The number of benzene rings is 1. The lowest BCUT2D eigenvalue weighted by Gasteiger charge is -2.06. The van der Waals surface area contributed by atoms with E-state index < -0.39 is 5.82 Å². The Labute approximate surface area is 70.3 Å². The van der Waals surface area contributed by atoms with Crippen molar-refractivity contribution in [1.82, 2.24) is 0 Å². The Kier molecular flexibility index (Phi) is 2.78. The van der Waals surface area contributed by atoms with E-state index in [1.54, 1.807) is 13.0 Å². The van der Waals surface area contributed by atoms with E-state index >= 15 is 0 Å². The van der Waals surface area contributed by atoms with Gasteiger partial charge in [0.15, 0.2) is 0 Å². The molecule has 0 saturated heterocycles. The van der Waals surface area contributed by atoms with Crippen LogP contribution in [0.3, 0.4) is 0 Å². The van der Waals surface area contributed by atoms with Gasteiger partial charge in [0.2, 0.25) is 0 Å². The number of aliphatic hydroxyl groups excluding tert-OH is 2. The van der Waals surface area contributed by atoms with Gasteiger partial charge >= 0.3 is 0 Å². The quantitative estimate of drug-likeness (QED) is 0.698. The summed E-state index contributed by atoms with van der Waals surface area (Å²) in [5.41, 5.74) is 1.23. The van der Waals surface area contributed by atoms with E-state index in [-0.39, 0.29) is 18.8 Å². The second-order valence-electron chi connectivity index (χ2n) is 2.64. The van der Waals surface area contributed by atoms with Crippen LogP contribution in [-0.2, 0) is 13.2 Å². The Morgan fingerprint density at radius 2 is 1.67 bits per heavy atom. The lowest BCUT2D eigenvalue weighted by atomic mass is 10.1. The van der Waals surface area contributed by atoms with Gasteiger partial charge in [-0.1, -0.05) is 12.1 Å². The number of halogens is 1. The van der Waals surface area contributed by atoms with Gasteiger partial charge in [-0.2, -0.15) is 0 Å². The summed E-state index contributed by atoms with van der Waals surface area (Å²) in [7, 11) is 0. The highest BCUT2D eigenvalue weighted by molar-refractivity contribution is 5.32. The van der Waals surface area contributed by atoms with Crippen molar-refractivity contribution in [2.75, 3.05) is 0 Å². The van der Waals surface area contributed by atoms with Crippen LogP contribution in [0.25, 0.3) is 0 Å². The zero-order valence-corrected chi connectivity index (χ0v) is 6.84. The van der Waals surface area contributed by atoms with Crippen LogP contribution < -0.4 is 0 Å². The summed E-state index contributed by atoms with van der Waals surface area (Å²) in [6, 6.07) is 3.10. The third-order valence-corrected chi connectivity index (χ3v) is 1.92. The van der Waals surface area contributed by atoms with Crippen molar-refractivity contribution >= 4 is 0 Å².